The van der Waals surface area contributed by atoms with Gasteiger partial charge in [0, 0.05) is 20.3 Å². The van der Waals surface area contributed by atoms with E-state index in [1.807, 2.05) is 12.1 Å². The van der Waals surface area contributed by atoms with Gasteiger partial charge in [0.25, 0.3) is 0 Å². The Hall–Kier alpha value is -0.590. The highest BCUT2D eigenvalue weighted by atomic mass is 127. The predicted molar refractivity (Wildman–Crippen MR) is 97.5 cm³/mol. The molecule has 0 aliphatic rings. The van der Waals surface area contributed by atoms with Crippen LogP contribution in [0, 0.1) is 9.39 Å². The molecule has 1 N–H and O–H groups in total. The number of likely N-dealkylation sites (N-methyl/N-ethyl adjacent to an activating group) is 1. The molecule has 0 amide bonds. The van der Waals surface area contributed by atoms with E-state index in [4.69, 9.17) is 0 Å². The van der Waals surface area contributed by atoms with Crippen molar-refractivity contribution in [2.75, 3.05) is 12.3 Å². The van der Waals surface area contributed by atoms with Crippen LogP contribution in [-0.2, 0) is 6.42 Å². The first-order valence-corrected chi connectivity index (χ1v) is 9.10. The van der Waals surface area contributed by atoms with Gasteiger partial charge in [0.1, 0.15) is 5.82 Å². The third-order valence-corrected chi connectivity index (χ3v) is 5.10. The van der Waals surface area contributed by atoms with Gasteiger partial charge in [-0.15, -0.1) is 11.8 Å². The molecule has 0 saturated carbocycles. The molecule has 112 valence electrons. The Labute approximate surface area is 143 Å². The molecule has 0 aliphatic carbocycles. The van der Waals surface area contributed by atoms with E-state index >= 15 is 0 Å². The molecule has 0 aliphatic heterocycles. The summed E-state index contributed by atoms with van der Waals surface area (Å²) in [5.74, 6) is 0.729. The summed E-state index contributed by atoms with van der Waals surface area (Å²) in [6.45, 7) is 3.03. The molecule has 0 saturated heterocycles. The molecule has 21 heavy (non-hydrogen) atoms. The highest BCUT2D eigenvalue weighted by Crippen LogP contribution is 2.22. The number of hydrogen-bond acceptors (Lipinski definition) is 2. The second-order valence-electron chi connectivity index (χ2n) is 4.83. The minimum Gasteiger partial charge on any atom is -0.313 e. The summed E-state index contributed by atoms with van der Waals surface area (Å²) in [6.07, 6.45) is 0.964. The molecular formula is C17H19FINS. The average Bonchev–Trinajstić information content (AvgIpc) is 2.49. The average molecular weight is 415 g/mol. The zero-order valence-electron chi connectivity index (χ0n) is 12.0. The first kappa shape index (κ1) is 16.8. The number of thioether (sulfide) groups is 1. The highest BCUT2D eigenvalue weighted by Gasteiger charge is 2.11. The molecule has 1 nitrogen and oxygen atoms in total. The van der Waals surface area contributed by atoms with Crippen molar-refractivity contribution in [1.29, 1.82) is 0 Å². The molecule has 0 spiro atoms. The lowest BCUT2D eigenvalue weighted by Crippen LogP contribution is -2.33. The number of hydrogen-bond donors (Lipinski definition) is 1. The van der Waals surface area contributed by atoms with Crippen LogP contribution in [-0.4, -0.2) is 18.3 Å². The van der Waals surface area contributed by atoms with Gasteiger partial charge in [0.2, 0.25) is 0 Å². The maximum atomic E-state index is 13.7. The van der Waals surface area contributed by atoms with Gasteiger partial charge >= 0.3 is 0 Å². The number of nitrogens with one attached hydrogen (secondary N) is 1. The van der Waals surface area contributed by atoms with E-state index in [2.05, 4.69) is 59.1 Å². The van der Waals surface area contributed by atoms with Crippen LogP contribution in [0.15, 0.2) is 53.4 Å². The lowest BCUT2D eigenvalue weighted by molar-refractivity contribution is 0.570. The van der Waals surface area contributed by atoms with Crippen molar-refractivity contribution in [3.05, 3.63) is 63.5 Å². The summed E-state index contributed by atoms with van der Waals surface area (Å²) in [6, 6.07) is 15.9. The van der Waals surface area contributed by atoms with Gasteiger partial charge in [-0.25, -0.2) is 4.39 Å². The summed E-state index contributed by atoms with van der Waals surface area (Å²) in [7, 11) is 0. The summed E-state index contributed by atoms with van der Waals surface area (Å²) in [5, 5.41) is 3.49. The van der Waals surface area contributed by atoms with Crippen LogP contribution in [0.2, 0.25) is 0 Å². The van der Waals surface area contributed by atoms with E-state index in [0.717, 1.165) is 23.6 Å². The Morgan fingerprint density at radius 3 is 2.52 bits per heavy atom. The normalized spacial score (nSPS) is 12.3. The van der Waals surface area contributed by atoms with Gasteiger partial charge in [0.05, 0.1) is 0 Å². The van der Waals surface area contributed by atoms with Crippen LogP contribution in [0.4, 0.5) is 4.39 Å². The van der Waals surface area contributed by atoms with Gasteiger partial charge in [-0.05, 0) is 65.4 Å². The second-order valence-corrected chi connectivity index (χ2v) is 7.13. The first-order valence-electron chi connectivity index (χ1n) is 7.04. The Morgan fingerprint density at radius 2 is 1.86 bits per heavy atom. The highest BCUT2D eigenvalue weighted by molar-refractivity contribution is 14.1. The van der Waals surface area contributed by atoms with Gasteiger partial charge in [-0.2, -0.15) is 0 Å². The molecule has 1 unspecified atom stereocenters. The van der Waals surface area contributed by atoms with E-state index in [1.54, 1.807) is 17.8 Å². The molecule has 1 atom stereocenters. The Morgan fingerprint density at radius 1 is 1.14 bits per heavy atom. The molecule has 0 bridgehead atoms. The fourth-order valence-corrected chi connectivity index (χ4v) is 3.49. The van der Waals surface area contributed by atoms with Crippen LogP contribution in [0.3, 0.4) is 0 Å². The van der Waals surface area contributed by atoms with Gasteiger partial charge in [0.15, 0.2) is 0 Å². The van der Waals surface area contributed by atoms with Crippen LogP contribution in [0.25, 0.3) is 0 Å². The van der Waals surface area contributed by atoms with Gasteiger partial charge in [-0.1, -0.05) is 31.2 Å². The summed E-state index contributed by atoms with van der Waals surface area (Å²) in [5.41, 5.74) is 1.32. The quantitative estimate of drug-likeness (QED) is 0.518. The van der Waals surface area contributed by atoms with Crippen LogP contribution >= 0.6 is 34.4 Å². The van der Waals surface area contributed by atoms with E-state index in [0.29, 0.717) is 6.04 Å². The van der Waals surface area contributed by atoms with Crippen molar-refractivity contribution in [1.82, 2.24) is 5.32 Å². The lowest BCUT2D eigenvalue weighted by atomic mass is 10.1. The van der Waals surface area contributed by atoms with E-state index in [1.165, 1.54) is 15.2 Å². The minimum atomic E-state index is -0.132. The van der Waals surface area contributed by atoms with E-state index in [-0.39, 0.29) is 5.82 Å². The van der Waals surface area contributed by atoms with Crippen molar-refractivity contribution in [3.8, 4) is 0 Å². The fourth-order valence-electron chi connectivity index (χ4n) is 2.14. The standard InChI is InChI=1S/C17H19FINS/c1-2-20-15(11-13-7-9-14(19)10-8-13)12-21-17-6-4-3-5-16(17)18/h3-10,15,20H,2,11-12H2,1H3. The van der Waals surface area contributed by atoms with Gasteiger partial charge < -0.3 is 5.32 Å². The maximum Gasteiger partial charge on any atom is 0.136 e. The zero-order valence-corrected chi connectivity index (χ0v) is 15.0. The number of benzene rings is 2. The van der Waals surface area contributed by atoms with Gasteiger partial charge in [-0.3, -0.25) is 0 Å². The molecule has 2 rings (SSSR count). The summed E-state index contributed by atoms with van der Waals surface area (Å²) < 4.78 is 14.9. The lowest BCUT2D eigenvalue weighted by Gasteiger charge is -2.18. The molecule has 4 heteroatoms. The van der Waals surface area contributed by atoms with Crippen LogP contribution < -0.4 is 5.32 Å². The number of rotatable bonds is 7. The van der Waals surface area contributed by atoms with Crippen LogP contribution in [0.1, 0.15) is 12.5 Å². The third-order valence-electron chi connectivity index (χ3n) is 3.16. The van der Waals surface area contributed by atoms with Crippen molar-refractivity contribution in [2.24, 2.45) is 0 Å². The Kier molecular flexibility index (Phi) is 6.99. The minimum absolute atomic E-state index is 0.132. The maximum absolute atomic E-state index is 13.7. The van der Waals surface area contributed by atoms with Crippen LogP contribution in [0.5, 0.6) is 0 Å². The molecule has 2 aromatic carbocycles. The smallest absolute Gasteiger partial charge is 0.136 e. The Bertz CT molecular complexity index is 559. The van der Waals surface area contributed by atoms with Crippen molar-refractivity contribution in [2.45, 2.75) is 24.3 Å². The second kappa shape index (κ2) is 8.76. The summed E-state index contributed by atoms with van der Waals surface area (Å²) in [4.78, 5) is 0.725. The third kappa shape index (κ3) is 5.60. The zero-order chi connectivity index (χ0) is 15.1. The first-order chi connectivity index (χ1) is 10.2. The van der Waals surface area contributed by atoms with E-state index < -0.39 is 0 Å². The van der Waals surface area contributed by atoms with Crippen molar-refractivity contribution < 1.29 is 4.39 Å². The van der Waals surface area contributed by atoms with Crippen molar-refractivity contribution >= 4 is 34.4 Å². The molecular weight excluding hydrogens is 396 g/mol. The SMILES string of the molecule is CCNC(CSc1ccccc1F)Cc1ccc(I)cc1. The molecule has 0 radical (unpaired) electrons. The molecule has 0 aromatic heterocycles. The fraction of sp³-hybridized carbons (Fsp3) is 0.294. The molecule has 2 aromatic rings. The topological polar surface area (TPSA) is 12.0 Å². The molecule has 0 fully saturated rings. The predicted octanol–water partition coefficient (Wildman–Crippen LogP) is 4.74. The summed E-state index contributed by atoms with van der Waals surface area (Å²) >= 11 is 3.89. The largest absolute Gasteiger partial charge is 0.313 e. The monoisotopic (exact) mass is 415 g/mol. The van der Waals surface area contributed by atoms with Crippen molar-refractivity contribution in [3.63, 3.8) is 0 Å². The molecule has 0 heterocycles. The van der Waals surface area contributed by atoms with E-state index in [9.17, 15) is 4.39 Å². The Balaban J connectivity index is 1.95. The number of halogens is 2.